The van der Waals surface area contributed by atoms with Crippen LogP contribution in [0.25, 0.3) is 0 Å². The zero-order chi connectivity index (χ0) is 15.2. The lowest BCUT2D eigenvalue weighted by Crippen LogP contribution is -2.52. The molecular weight excluding hydrogens is 304 g/mol. The highest BCUT2D eigenvalue weighted by atomic mass is 32.1. The van der Waals surface area contributed by atoms with Crippen molar-refractivity contribution in [1.82, 2.24) is 15.2 Å². The number of anilines is 1. The van der Waals surface area contributed by atoms with Crippen molar-refractivity contribution in [2.24, 2.45) is 5.92 Å². The molecule has 1 aromatic heterocycles. The van der Waals surface area contributed by atoms with Crippen molar-refractivity contribution in [2.45, 2.75) is 12.5 Å². The van der Waals surface area contributed by atoms with Crippen molar-refractivity contribution >= 4 is 22.5 Å². The molecule has 0 spiro atoms. The Morgan fingerprint density at radius 3 is 2.95 bits per heavy atom. The number of ether oxygens (including phenoxy) is 2. The largest absolute Gasteiger partial charge is 0.381 e. The van der Waals surface area contributed by atoms with E-state index in [2.05, 4.69) is 20.5 Å². The predicted octanol–water partition coefficient (Wildman–Crippen LogP) is 1.00. The standard InChI is InChI=1S/C14H22N4O3S/c19-13(17-14-15-2-8-22-14)16-9-12(11-1-5-21-10-11)18-3-6-20-7-4-18/h2,8,11-12H,1,3-7,9-10H2,(H2,15,16,17,19)/t11-,12+/m1/s1. The Morgan fingerprint density at radius 1 is 1.41 bits per heavy atom. The third-order valence-electron chi connectivity index (χ3n) is 4.15. The molecule has 2 amide bonds. The Balaban J connectivity index is 1.53. The van der Waals surface area contributed by atoms with Crippen molar-refractivity contribution in [3.63, 3.8) is 0 Å². The molecule has 2 N–H and O–H groups in total. The lowest BCUT2D eigenvalue weighted by Gasteiger charge is -2.37. The lowest BCUT2D eigenvalue weighted by atomic mass is 9.97. The van der Waals surface area contributed by atoms with E-state index in [4.69, 9.17) is 9.47 Å². The van der Waals surface area contributed by atoms with Crippen LogP contribution in [0.5, 0.6) is 0 Å². The van der Waals surface area contributed by atoms with E-state index in [0.717, 1.165) is 45.9 Å². The first-order valence-corrected chi connectivity index (χ1v) is 8.55. The average Bonchev–Trinajstić information content (AvgIpc) is 3.22. The van der Waals surface area contributed by atoms with E-state index >= 15 is 0 Å². The normalized spacial score (nSPS) is 24.1. The van der Waals surface area contributed by atoms with E-state index in [1.165, 1.54) is 11.3 Å². The minimum absolute atomic E-state index is 0.202. The molecule has 2 atom stereocenters. The first-order valence-electron chi connectivity index (χ1n) is 7.67. The number of hydrogen-bond donors (Lipinski definition) is 2. The Bertz CT molecular complexity index is 459. The van der Waals surface area contributed by atoms with Crippen LogP contribution in [0, 0.1) is 5.92 Å². The molecule has 22 heavy (non-hydrogen) atoms. The second-order valence-electron chi connectivity index (χ2n) is 5.51. The Hall–Kier alpha value is -1.22. The van der Waals surface area contributed by atoms with Crippen LogP contribution in [0.2, 0.25) is 0 Å². The molecule has 1 aromatic rings. The van der Waals surface area contributed by atoms with Crippen LogP contribution in [0.4, 0.5) is 9.93 Å². The smallest absolute Gasteiger partial charge is 0.321 e. The molecule has 3 rings (SSSR count). The fourth-order valence-corrected chi connectivity index (χ4v) is 3.51. The van der Waals surface area contributed by atoms with Gasteiger partial charge in [-0.1, -0.05) is 0 Å². The number of carbonyl (C=O) groups is 1. The number of morpholine rings is 1. The first kappa shape index (κ1) is 15.7. The van der Waals surface area contributed by atoms with Crippen LogP contribution in [-0.2, 0) is 9.47 Å². The quantitative estimate of drug-likeness (QED) is 0.844. The van der Waals surface area contributed by atoms with Crippen molar-refractivity contribution in [2.75, 3.05) is 51.4 Å². The van der Waals surface area contributed by atoms with Crippen LogP contribution < -0.4 is 10.6 Å². The maximum atomic E-state index is 12.0. The van der Waals surface area contributed by atoms with Gasteiger partial charge in [0.25, 0.3) is 0 Å². The van der Waals surface area contributed by atoms with Crippen molar-refractivity contribution in [3.05, 3.63) is 11.6 Å². The van der Waals surface area contributed by atoms with Crippen LogP contribution in [0.15, 0.2) is 11.6 Å². The van der Waals surface area contributed by atoms with Gasteiger partial charge in [-0.25, -0.2) is 9.78 Å². The van der Waals surface area contributed by atoms with Gasteiger partial charge in [-0.3, -0.25) is 10.2 Å². The number of nitrogens with zero attached hydrogens (tertiary/aromatic N) is 2. The summed E-state index contributed by atoms with van der Waals surface area (Å²) in [5.74, 6) is 0.471. The highest BCUT2D eigenvalue weighted by Gasteiger charge is 2.31. The van der Waals surface area contributed by atoms with Gasteiger partial charge in [-0.15, -0.1) is 11.3 Å². The number of carbonyl (C=O) groups excluding carboxylic acids is 1. The van der Waals surface area contributed by atoms with Gasteiger partial charge in [0.2, 0.25) is 0 Å². The molecule has 2 saturated heterocycles. The fraction of sp³-hybridized carbons (Fsp3) is 0.714. The van der Waals surface area contributed by atoms with Gasteiger partial charge in [0.05, 0.1) is 19.8 Å². The fourth-order valence-electron chi connectivity index (χ4n) is 2.98. The number of urea groups is 1. The maximum Gasteiger partial charge on any atom is 0.321 e. The van der Waals surface area contributed by atoms with E-state index in [9.17, 15) is 4.79 Å². The van der Waals surface area contributed by atoms with Gasteiger partial charge in [0.1, 0.15) is 0 Å². The Labute approximate surface area is 134 Å². The molecule has 0 saturated carbocycles. The summed E-state index contributed by atoms with van der Waals surface area (Å²) in [5.41, 5.74) is 0. The number of aromatic nitrogens is 1. The molecule has 0 aromatic carbocycles. The molecule has 0 radical (unpaired) electrons. The third-order valence-corrected chi connectivity index (χ3v) is 4.84. The van der Waals surface area contributed by atoms with Gasteiger partial charge in [-0.05, 0) is 6.42 Å². The molecular formula is C14H22N4O3S. The third kappa shape index (κ3) is 4.16. The second kappa shape index (κ2) is 7.87. The first-order chi connectivity index (χ1) is 10.8. The summed E-state index contributed by atoms with van der Waals surface area (Å²) in [6, 6.07) is 0.0977. The minimum Gasteiger partial charge on any atom is -0.381 e. The van der Waals surface area contributed by atoms with Crippen molar-refractivity contribution in [1.29, 1.82) is 0 Å². The molecule has 0 aliphatic carbocycles. The van der Waals surface area contributed by atoms with Crippen LogP contribution in [0.3, 0.4) is 0 Å². The maximum absolute atomic E-state index is 12.0. The van der Waals surface area contributed by atoms with Gasteiger partial charge in [0.15, 0.2) is 5.13 Å². The van der Waals surface area contributed by atoms with Gasteiger partial charge in [-0.2, -0.15) is 0 Å². The van der Waals surface area contributed by atoms with E-state index in [-0.39, 0.29) is 6.03 Å². The summed E-state index contributed by atoms with van der Waals surface area (Å²) in [6.07, 6.45) is 2.73. The predicted molar refractivity (Wildman–Crippen MR) is 84.2 cm³/mol. The van der Waals surface area contributed by atoms with Crippen LogP contribution >= 0.6 is 11.3 Å². The minimum atomic E-state index is -0.202. The number of thiazole rings is 1. The number of rotatable bonds is 5. The summed E-state index contributed by atoms with van der Waals surface area (Å²) in [7, 11) is 0. The highest BCUT2D eigenvalue weighted by Crippen LogP contribution is 2.22. The molecule has 0 bridgehead atoms. The number of hydrogen-bond acceptors (Lipinski definition) is 6. The van der Waals surface area contributed by atoms with E-state index in [1.54, 1.807) is 6.20 Å². The number of amides is 2. The summed E-state index contributed by atoms with van der Waals surface area (Å²) in [5, 5.41) is 8.18. The van der Waals surface area contributed by atoms with Gasteiger partial charge in [0, 0.05) is 49.8 Å². The van der Waals surface area contributed by atoms with E-state index in [0.29, 0.717) is 23.6 Å². The molecule has 122 valence electrons. The summed E-state index contributed by atoms with van der Waals surface area (Å²) in [6.45, 7) is 5.55. The Kier molecular flexibility index (Phi) is 5.60. The monoisotopic (exact) mass is 326 g/mol. The molecule has 3 heterocycles. The molecule has 2 aliphatic heterocycles. The zero-order valence-corrected chi connectivity index (χ0v) is 13.3. The molecule has 2 aliphatic rings. The van der Waals surface area contributed by atoms with Crippen molar-refractivity contribution in [3.8, 4) is 0 Å². The Morgan fingerprint density at radius 2 is 2.27 bits per heavy atom. The van der Waals surface area contributed by atoms with E-state index in [1.807, 2.05) is 5.38 Å². The topological polar surface area (TPSA) is 75.7 Å². The number of nitrogens with one attached hydrogen (secondary N) is 2. The molecule has 8 heteroatoms. The average molecular weight is 326 g/mol. The van der Waals surface area contributed by atoms with Gasteiger partial charge >= 0.3 is 6.03 Å². The van der Waals surface area contributed by atoms with Crippen LogP contribution in [0.1, 0.15) is 6.42 Å². The lowest BCUT2D eigenvalue weighted by molar-refractivity contribution is 0.00222. The zero-order valence-electron chi connectivity index (χ0n) is 12.5. The van der Waals surface area contributed by atoms with Crippen LogP contribution in [-0.4, -0.2) is 68.0 Å². The highest BCUT2D eigenvalue weighted by molar-refractivity contribution is 7.13. The SMILES string of the molecule is O=C(NC[C@@H]([C@@H]1CCOC1)N1CCOCC1)Nc1nccs1. The summed E-state index contributed by atoms with van der Waals surface area (Å²) < 4.78 is 11.0. The van der Waals surface area contributed by atoms with Gasteiger partial charge < -0.3 is 14.8 Å². The van der Waals surface area contributed by atoms with Crippen molar-refractivity contribution < 1.29 is 14.3 Å². The van der Waals surface area contributed by atoms with E-state index < -0.39 is 0 Å². The molecule has 7 nitrogen and oxygen atoms in total. The molecule has 2 fully saturated rings. The summed E-state index contributed by atoms with van der Waals surface area (Å²) >= 11 is 1.41. The summed E-state index contributed by atoms with van der Waals surface area (Å²) in [4.78, 5) is 18.4. The molecule has 0 unspecified atom stereocenters. The second-order valence-corrected chi connectivity index (χ2v) is 6.41.